The summed E-state index contributed by atoms with van der Waals surface area (Å²) in [5, 5.41) is 9.72. The predicted molar refractivity (Wildman–Crippen MR) is 88.8 cm³/mol. The van der Waals surface area contributed by atoms with Gasteiger partial charge in [-0.1, -0.05) is 6.07 Å². The summed E-state index contributed by atoms with van der Waals surface area (Å²) >= 11 is 4.47. The standard InChI is InChI=1S/C17H22OS2/c18-14-4-5-15-13(10-14)3-2-12-6-7-17(11-16(12)15)19-8-1-9-20-17/h4-5,10,12,16,18H,1-3,6-9,11H2. The van der Waals surface area contributed by atoms with Crippen LogP contribution in [0.2, 0.25) is 0 Å². The fourth-order valence-electron chi connectivity index (χ4n) is 4.31. The van der Waals surface area contributed by atoms with Gasteiger partial charge >= 0.3 is 0 Å². The molecule has 2 fully saturated rings. The molecule has 108 valence electrons. The summed E-state index contributed by atoms with van der Waals surface area (Å²) in [6.45, 7) is 0. The van der Waals surface area contributed by atoms with Crippen LogP contribution in [0.15, 0.2) is 18.2 Å². The van der Waals surface area contributed by atoms with Crippen LogP contribution in [0.5, 0.6) is 5.75 Å². The number of thioether (sulfide) groups is 2. The van der Waals surface area contributed by atoms with Crippen molar-refractivity contribution in [3.05, 3.63) is 29.3 Å². The molecule has 4 rings (SSSR count). The first kappa shape index (κ1) is 13.4. The fourth-order valence-corrected chi connectivity index (χ4v) is 7.77. The third-order valence-electron chi connectivity index (χ3n) is 5.33. The highest BCUT2D eigenvalue weighted by atomic mass is 32.2. The van der Waals surface area contributed by atoms with Crippen LogP contribution in [0.25, 0.3) is 0 Å². The van der Waals surface area contributed by atoms with E-state index in [1.54, 1.807) is 5.56 Å². The van der Waals surface area contributed by atoms with Crippen LogP contribution < -0.4 is 0 Å². The number of benzene rings is 1. The van der Waals surface area contributed by atoms with E-state index in [-0.39, 0.29) is 0 Å². The van der Waals surface area contributed by atoms with Gasteiger partial charge < -0.3 is 5.11 Å². The van der Waals surface area contributed by atoms with Crippen LogP contribution in [0, 0.1) is 5.92 Å². The number of phenolic OH excluding ortho intramolecular Hbond substituents is 1. The Kier molecular flexibility index (Phi) is 3.46. The smallest absolute Gasteiger partial charge is 0.115 e. The molecule has 0 bridgehead atoms. The number of hydrogen-bond donors (Lipinski definition) is 1. The minimum Gasteiger partial charge on any atom is -0.508 e. The van der Waals surface area contributed by atoms with Crippen molar-refractivity contribution in [3.8, 4) is 5.75 Å². The third-order valence-corrected chi connectivity index (χ3v) is 8.81. The van der Waals surface area contributed by atoms with E-state index in [2.05, 4.69) is 29.6 Å². The lowest BCUT2D eigenvalue weighted by Gasteiger charge is -2.48. The topological polar surface area (TPSA) is 20.2 Å². The summed E-state index contributed by atoms with van der Waals surface area (Å²) in [6.07, 6.45) is 8.05. The number of phenols is 1. The highest BCUT2D eigenvalue weighted by Gasteiger charge is 2.44. The average molecular weight is 306 g/mol. The molecule has 2 unspecified atom stereocenters. The molecule has 20 heavy (non-hydrogen) atoms. The van der Waals surface area contributed by atoms with Gasteiger partial charge in [0.1, 0.15) is 5.75 Å². The molecule has 3 heteroatoms. The Morgan fingerprint density at radius 3 is 2.85 bits per heavy atom. The highest BCUT2D eigenvalue weighted by molar-refractivity contribution is 8.18. The van der Waals surface area contributed by atoms with Crippen LogP contribution in [-0.2, 0) is 6.42 Å². The average Bonchev–Trinajstić information content (AvgIpc) is 2.47. The number of aryl methyl sites for hydroxylation is 1. The van der Waals surface area contributed by atoms with Crippen LogP contribution in [-0.4, -0.2) is 20.7 Å². The van der Waals surface area contributed by atoms with Gasteiger partial charge in [-0.05, 0) is 85.1 Å². The van der Waals surface area contributed by atoms with Gasteiger partial charge in [-0.15, -0.1) is 23.5 Å². The molecule has 0 amide bonds. The van der Waals surface area contributed by atoms with E-state index in [0.29, 0.717) is 9.83 Å². The molecule has 1 aliphatic heterocycles. The molecule has 1 saturated heterocycles. The van der Waals surface area contributed by atoms with Crippen molar-refractivity contribution in [2.75, 3.05) is 11.5 Å². The van der Waals surface area contributed by atoms with Crippen LogP contribution in [0.1, 0.15) is 49.1 Å². The summed E-state index contributed by atoms with van der Waals surface area (Å²) < 4.78 is 0.506. The lowest BCUT2D eigenvalue weighted by atomic mass is 9.68. The van der Waals surface area contributed by atoms with Gasteiger partial charge in [0.25, 0.3) is 0 Å². The summed E-state index contributed by atoms with van der Waals surface area (Å²) in [7, 11) is 0. The zero-order valence-electron chi connectivity index (χ0n) is 11.8. The molecule has 1 nitrogen and oxygen atoms in total. The monoisotopic (exact) mass is 306 g/mol. The molecule has 2 aliphatic carbocycles. The van der Waals surface area contributed by atoms with Gasteiger partial charge in [-0.3, -0.25) is 0 Å². The first-order valence-electron chi connectivity index (χ1n) is 7.85. The predicted octanol–water partition coefficient (Wildman–Crippen LogP) is 4.79. The number of aromatic hydroxyl groups is 1. The van der Waals surface area contributed by atoms with Crippen LogP contribution in [0.4, 0.5) is 0 Å². The molecule has 1 spiro atoms. The first-order valence-corrected chi connectivity index (χ1v) is 9.83. The summed E-state index contributed by atoms with van der Waals surface area (Å²) in [5.41, 5.74) is 2.96. The van der Waals surface area contributed by atoms with E-state index in [4.69, 9.17) is 0 Å². The Bertz CT molecular complexity index is 508. The summed E-state index contributed by atoms with van der Waals surface area (Å²) in [5.74, 6) is 4.78. The van der Waals surface area contributed by atoms with E-state index < -0.39 is 0 Å². The van der Waals surface area contributed by atoms with Crippen molar-refractivity contribution < 1.29 is 5.11 Å². The summed E-state index contributed by atoms with van der Waals surface area (Å²) in [6, 6.07) is 6.11. The van der Waals surface area contributed by atoms with Gasteiger partial charge in [0.05, 0.1) is 4.08 Å². The molecule has 1 saturated carbocycles. The first-order chi connectivity index (χ1) is 9.76. The van der Waals surface area contributed by atoms with Crippen molar-refractivity contribution >= 4 is 23.5 Å². The number of hydrogen-bond acceptors (Lipinski definition) is 3. The molecule has 1 aromatic rings. The molecule has 2 atom stereocenters. The third kappa shape index (κ3) is 2.27. The second kappa shape index (κ2) is 5.17. The Morgan fingerprint density at radius 2 is 2.00 bits per heavy atom. The zero-order valence-corrected chi connectivity index (χ0v) is 13.4. The van der Waals surface area contributed by atoms with E-state index in [0.717, 1.165) is 18.3 Å². The van der Waals surface area contributed by atoms with Crippen LogP contribution >= 0.6 is 23.5 Å². The van der Waals surface area contributed by atoms with Gasteiger partial charge in [-0.2, -0.15) is 0 Å². The largest absolute Gasteiger partial charge is 0.508 e. The van der Waals surface area contributed by atoms with Crippen LogP contribution in [0.3, 0.4) is 0 Å². The molecule has 1 heterocycles. The number of fused-ring (bicyclic) bond motifs is 3. The fraction of sp³-hybridized carbons (Fsp3) is 0.647. The molecule has 3 aliphatic rings. The zero-order chi connectivity index (χ0) is 13.6. The van der Waals surface area contributed by atoms with Crippen molar-refractivity contribution in [3.63, 3.8) is 0 Å². The van der Waals surface area contributed by atoms with E-state index in [1.165, 1.54) is 49.2 Å². The second-order valence-electron chi connectivity index (χ2n) is 6.49. The molecule has 1 N–H and O–H groups in total. The quantitative estimate of drug-likeness (QED) is 0.744. The maximum atomic E-state index is 9.72. The van der Waals surface area contributed by atoms with Crippen molar-refractivity contribution in [2.24, 2.45) is 5.92 Å². The molecular formula is C17H22OS2. The Hall–Kier alpha value is -0.280. The van der Waals surface area contributed by atoms with E-state index in [1.807, 2.05) is 12.1 Å². The van der Waals surface area contributed by atoms with Gasteiger partial charge in [0, 0.05) is 0 Å². The minimum absolute atomic E-state index is 0.439. The SMILES string of the molecule is Oc1ccc2c(c1)CCC1CCC3(CC21)SCCCS3. The van der Waals surface area contributed by atoms with E-state index in [9.17, 15) is 5.11 Å². The lowest BCUT2D eigenvalue weighted by Crippen LogP contribution is -2.37. The number of rotatable bonds is 0. The Morgan fingerprint density at radius 1 is 1.15 bits per heavy atom. The normalized spacial score (nSPS) is 31.6. The Balaban J connectivity index is 1.65. The molecule has 0 aromatic heterocycles. The lowest BCUT2D eigenvalue weighted by molar-refractivity contribution is 0.270. The highest BCUT2D eigenvalue weighted by Crippen LogP contribution is 2.58. The van der Waals surface area contributed by atoms with E-state index >= 15 is 0 Å². The maximum absolute atomic E-state index is 9.72. The molecule has 1 aromatic carbocycles. The molecule has 0 radical (unpaired) electrons. The second-order valence-corrected chi connectivity index (χ2v) is 9.71. The minimum atomic E-state index is 0.439. The summed E-state index contributed by atoms with van der Waals surface area (Å²) in [4.78, 5) is 0. The van der Waals surface area contributed by atoms with Crippen molar-refractivity contribution in [1.29, 1.82) is 0 Å². The Labute approximate surface area is 129 Å². The van der Waals surface area contributed by atoms with Crippen molar-refractivity contribution in [1.82, 2.24) is 0 Å². The van der Waals surface area contributed by atoms with Crippen molar-refractivity contribution in [2.45, 2.75) is 48.5 Å². The van der Waals surface area contributed by atoms with Gasteiger partial charge in [-0.25, -0.2) is 0 Å². The van der Waals surface area contributed by atoms with Gasteiger partial charge in [0.15, 0.2) is 0 Å². The maximum Gasteiger partial charge on any atom is 0.115 e. The van der Waals surface area contributed by atoms with Gasteiger partial charge in [0.2, 0.25) is 0 Å². The molecular weight excluding hydrogens is 284 g/mol.